The Bertz CT molecular complexity index is 952. The number of esters is 1. The number of aliphatic hydroxyl groups excluding tert-OH is 1. The Hall–Kier alpha value is -3.10. The fourth-order valence-corrected chi connectivity index (χ4v) is 3.41. The van der Waals surface area contributed by atoms with Crippen LogP contribution in [-0.4, -0.2) is 64.2 Å². The molecular formula is C27H37NO7. The van der Waals surface area contributed by atoms with Gasteiger partial charge in [0, 0.05) is 7.05 Å². The summed E-state index contributed by atoms with van der Waals surface area (Å²) < 4.78 is 16.2. The SMILES string of the molecule is CCOC(=O)[C@](C)(O)[C@H](O)[C@@H](Cc1ccc(OCc2ccccc2)cc1)N(C)C(=O)OC(C)(C)C. The van der Waals surface area contributed by atoms with E-state index in [2.05, 4.69) is 0 Å². The molecule has 0 saturated heterocycles. The second-order valence-electron chi connectivity index (χ2n) is 9.59. The number of carbonyl (C=O) groups excluding carboxylic acids is 2. The molecule has 0 aromatic heterocycles. The Morgan fingerprint density at radius 2 is 1.57 bits per heavy atom. The number of carbonyl (C=O) groups is 2. The maximum absolute atomic E-state index is 12.8. The van der Waals surface area contributed by atoms with Gasteiger partial charge in [0.1, 0.15) is 24.1 Å². The average Bonchev–Trinajstić information content (AvgIpc) is 2.80. The van der Waals surface area contributed by atoms with E-state index in [0.717, 1.165) is 11.1 Å². The van der Waals surface area contributed by atoms with E-state index in [0.29, 0.717) is 12.4 Å². The predicted octanol–water partition coefficient (Wildman–Crippen LogP) is 3.72. The van der Waals surface area contributed by atoms with Gasteiger partial charge in [0.15, 0.2) is 5.60 Å². The van der Waals surface area contributed by atoms with Crippen LogP contribution in [0.4, 0.5) is 4.79 Å². The van der Waals surface area contributed by atoms with E-state index in [1.54, 1.807) is 39.8 Å². The third-order valence-corrected chi connectivity index (χ3v) is 5.42. The highest BCUT2D eigenvalue weighted by molar-refractivity contribution is 5.80. The van der Waals surface area contributed by atoms with Crippen molar-refractivity contribution in [2.24, 2.45) is 0 Å². The van der Waals surface area contributed by atoms with Gasteiger partial charge in [-0.3, -0.25) is 0 Å². The summed E-state index contributed by atoms with van der Waals surface area (Å²) in [5.74, 6) is -0.312. The first-order valence-corrected chi connectivity index (χ1v) is 11.6. The standard InChI is InChI=1S/C27H37NO7/c1-7-33-24(30)27(5,32)23(29)22(28(6)25(31)35-26(2,3)4)17-19-13-15-21(16-14-19)34-18-20-11-9-8-10-12-20/h8-16,22-23,29,32H,7,17-18H2,1-6H3/t22-,23-,27-/m1/s1. The number of amides is 1. The Balaban J connectivity index is 2.22. The van der Waals surface area contributed by atoms with Crippen LogP contribution in [0.5, 0.6) is 5.75 Å². The minimum absolute atomic E-state index is 0.0404. The molecule has 0 fully saturated rings. The van der Waals surface area contributed by atoms with Gasteiger partial charge in [-0.05, 0) is 64.3 Å². The number of ether oxygens (including phenoxy) is 3. The molecule has 1 amide bonds. The summed E-state index contributed by atoms with van der Waals surface area (Å²) in [5.41, 5.74) is -1.20. The zero-order valence-electron chi connectivity index (χ0n) is 21.4. The molecule has 8 nitrogen and oxygen atoms in total. The van der Waals surface area contributed by atoms with Gasteiger partial charge in [-0.2, -0.15) is 0 Å². The van der Waals surface area contributed by atoms with E-state index in [4.69, 9.17) is 14.2 Å². The third-order valence-electron chi connectivity index (χ3n) is 5.42. The maximum Gasteiger partial charge on any atom is 0.410 e. The van der Waals surface area contributed by atoms with E-state index in [-0.39, 0.29) is 13.0 Å². The zero-order chi connectivity index (χ0) is 26.2. The van der Waals surface area contributed by atoms with Crippen molar-refractivity contribution in [3.8, 4) is 5.75 Å². The van der Waals surface area contributed by atoms with E-state index in [1.165, 1.54) is 18.9 Å². The van der Waals surface area contributed by atoms with Crippen molar-refractivity contribution in [2.75, 3.05) is 13.7 Å². The summed E-state index contributed by atoms with van der Waals surface area (Å²) in [6.07, 6.45) is -2.19. The lowest BCUT2D eigenvalue weighted by molar-refractivity contribution is -0.179. The summed E-state index contributed by atoms with van der Waals surface area (Å²) in [6.45, 7) is 8.43. The first-order chi connectivity index (χ1) is 16.3. The van der Waals surface area contributed by atoms with Crippen LogP contribution >= 0.6 is 0 Å². The van der Waals surface area contributed by atoms with E-state index in [9.17, 15) is 19.8 Å². The van der Waals surface area contributed by atoms with Crippen LogP contribution in [0, 0.1) is 0 Å². The van der Waals surface area contributed by atoms with Gasteiger partial charge in [0.25, 0.3) is 0 Å². The number of aliphatic hydroxyl groups is 2. The van der Waals surface area contributed by atoms with Crippen molar-refractivity contribution in [2.45, 2.75) is 71.0 Å². The van der Waals surface area contributed by atoms with E-state index >= 15 is 0 Å². The molecule has 192 valence electrons. The van der Waals surface area contributed by atoms with Crippen molar-refractivity contribution in [1.29, 1.82) is 0 Å². The Labute approximate surface area is 207 Å². The molecule has 2 aromatic carbocycles. The third kappa shape index (κ3) is 8.26. The fraction of sp³-hybridized carbons (Fsp3) is 0.481. The average molecular weight is 488 g/mol. The van der Waals surface area contributed by atoms with Crippen LogP contribution in [0.25, 0.3) is 0 Å². The molecule has 0 spiro atoms. The van der Waals surface area contributed by atoms with Gasteiger partial charge < -0.3 is 29.3 Å². The summed E-state index contributed by atoms with van der Waals surface area (Å²) in [7, 11) is 1.46. The van der Waals surface area contributed by atoms with Crippen molar-refractivity contribution >= 4 is 12.1 Å². The van der Waals surface area contributed by atoms with Crippen LogP contribution in [0.3, 0.4) is 0 Å². The maximum atomic E-state index is 12.8. The van der Waals surface area contributed by atoms with Crippen LogP contribution in [-0.2, 0) is 27.3 Å². The number of hydrogen-bond acceptors (Lipinski definition) is 7. The highest BCUT2D eigenvalue weighted by atomic mass is 16.6. The first kappa shape index (κ1) is 28.1. The molecule has 0 heterocycles. The van der Waals surface area contributed by atoms with Crippen molar-refractivity contribution in [1.82, 2.24) is 4.90 Å². The summed E-state index contributed by atoms with van der Waals surface area (Å²) in [5, 5.41) is 21.8. The smallest absolute Gasteiger partial charge is 0.410 e. The lowest BCUT2D eigenvalue weighted by atomic mass is 9.88. The lowest BCUT2D eigenvalue weighted by Crippen LogP contribution is -2.59. The van der Waals surface area contributed by atoms with Crippen LogP contribution in [0.2, 0.25) is 0 Å². The van der Waals surface area contributed by atoms with Crippen LogP contribution < -0.4 is 4.74 Å². The normalized spacial score (nSPS) is 14.9. The summed E-state index contributed by atoms with van der Waals surface area (Å²) >= 11 is 0. The number of hydrogen-bond donors (Lipinski definition) is 2. The first-order valence-electron chi connectivity index (χ1n) is 11.6. The topological polar surface area (TPSA) is 106 Å². The van der Waals surface area contributed by atoms with E-state index < -0.39 is 35.4 Å². The monoisotopic (exact) mass is 487 g/mol. The van der Waals surface area contributed by atoms with E-state index in [1.807, 2.05) is 42.5 Å². The molecule has 2 aromatic rings. The van der Waals surface area contributed by atoms with Gasteiger partial charge >= 0.3 is 12.1 Å². The second kappa shape index (κ2) is 12.0. The van der Waals surface area contributed by atoms with Crippen molar-refractivity contribution in [3.63, 3.8) is 0 Å². The molecule has 0 bridgehead atoms. The number of likely N-dealkylation sites (N-methyl/N-ethyl adjacent to an activating group) is 1. The number of nitrogens with zero attached hydrogens (tertiary/aromatic N) is 1. The van der Waals surface area contributed by atoms with Crippen LogP contribution in [0.15, 0.2) is 54.6 Å². The molecule has 0 aliphatic carbocycles. The molecule has 3 atom stereocenters. The zero-order valence-corrected chi connectivity index (χ0v) is 21.4. The van der Waals surface area contributed by atoms with Crippen molar-refractivity contribution in [3.05, 3.63) is 65.7 Å². The molecule has 0 radical (unpaired) electrons. The molecule has 2 rings (SSSR count). The van der Waals surface area contributed by atoms with Gasteiger partial charge in [-0.25, -0.2) is 9.59 Å². The number of benzene rings is 2. The van der Waals surface area contributed by atoms with Gasteiger partial charge in [-0.15, -0.1) is 0 Å². The largest absolute Gasteiger partial charge is 0.489 e. The molecule has 0 saturated carbocycles. The molecule has 2 N–H and O–H groups in total. The Kier molecular flexibility index (Phi) is 9.68. The van der Waals surface area contributed by atoms with Gasteiger partial charge in [0.2, 0.25) is 0 Å². The van der Waals surface area contributed by atoms with Crippen molar-refractivity contribution < 1.29 is 34.0 Å². The molecule has 0 aliphatic heterocycles. The highest BCUT2D eigenvalue weighted by Crippen LogP contribution is 2.24. The molecule has 8 heteroatoms. The molecular weight excluding hydrogens is 450 g/mol. The van der Waals surface area contributed by atoms with Gasteiger partial charge in [0.05, 0.1) is 12.6 Å². The minimum Gasteiger partial charge on any atom is -0.489 e. The highest BCUT2D eigenvalue weighted by Gasteiger charge is 2.46. The quantitative estimate of drug-likeness (QED) is 0.492. The molecule has 0 unspecified atom stereocenters. The Morgan fingerprint density at radius 1 is 0.971 bits per heavy atom. The summed E-state index contributed by atoms with van der Waals surface area (Å²) in [6, 6.07) is 16.0. The lowest BCUT2D eigenvalue weighted by Gasteiger charge is -2.38. The Morgan fingerprint density at radius 3 is 2.11 bits per heavy atom. The predicted molar refractivity (Wildman–Crippen MR) is 132 cm³/mol. The number of rotatable bonds is 10. The fourth-order valence-electron chi connectivity index (χ4n) is 3.41. The van der Waals surface area contributed by atoms with Crippen LogP contribution in [0.1, 0.15) is 45.7 Å². The summed E-state index contributed by atoms with van der Waals surface area (Å²) in [4.78, 5) is 26.3. The molecule has 35 heavy (non-hydrogen) atoms. The van der Waals surface area contributed by atoms with Gasteiger partial charge in [-0.1, -0.05) is 42.5 Å². The molecule has 0 aliphatic rings. The second-order valence-corrected chi connectivity index (χ2v) is 9.59. The minimum atomic E-state index is -2.24.